The van der Waals surface area contributed by atoms with Crippen molar-refractivity contribution in [3.05, 3.63) is 69.3 Å². The van der Waals surface area contributed by atoms with Crippen molar-refractivity contribution >= 4 is 23.4 Å². The van der Waals surface area contributed by atoms with Crippen LogP contribution in [0.3, 0.4) is 0 Å². The third-order valence-corrected chi connectivity index (χ3v) is 4.35. The maximum absolute atomic E-state index is 12.4. The van der Waals surface area contributed by atoms with E-state index in [4.69, 9.17) is 0 Å². The Morgan fingerprint density at radius 1 is 1.10 bits per heavy atom. The number of hydrogen-bond donors (Lipinski definition) is 1. The van der Waals surface area contributed by atoms with Gasteiger partial charge in [0.2, 0.25) is 5.91 Å². The molecule has 1 aliphatic rings. The molecule has 2 aromatic rings. The van der Waals surface area contributed by atoms with Crippen molar-refractivity contribution in [1.82, 2.24) is 10.2 Å². The summed E-state index contributed by atoms with van der Waals surface area (Å²) in [4.78, 5) is 47.7. The van der Waals surface area contributed by atoms with Gasteiger partial charge in [-0.15, -0.1) is 0 Å². The van der Waals surface area contributed by atoms with Crippen LogP contribution in [0.4, 0.5) is 14.5 Å². The van der Waals surface area contributed by atoms with Gasteiger partial charge in [0.1, 0.15) is 12.3 Å². The van der Waals surface area contributed by atoms with Gasteiger partial charge < -0.3 is 10.1 Å². The summed E-state index contributed by atoms with van der Waals surface area (Å²) in [6.45, 7) is -3.26. The number of nitro benzene ring substituents is 1. The molecule has 0 saturated heterocycles. The standard InChI is InChI=1S/C19H15F2N3O6/c20-19(21)30-13-4-1-11(2-5-13)7-8-22-16(25)10-23-17(26)14-6-3-12(24(28)29)9-15(14)18(23)27/h1-6,9,19H,7-8,10H2,(H,22,25). The Morgan fingerprint density at radius 3 is 2.40 bits per heavy atom. The maximum atomic E-state index is 12.4. The number of hydrogen-bond acceptors (Lipinski definition) is 6. The van der Waals surface area contributed by atoms with Gasteiger partial charge in [0.05, 0.1) is 16.1 Å². The lowest BCUT2D eigenvalue weighted by Crippen LogP contribution is -2.40. The summed E-state index contributed by atoms with van der Waals surface area (Å²) in [5, 5.41) is 13.4. The predicted molar refractivity (Wildman–Crippen MR) is 98.3 cm³/mol. The van der Waals surface area contributed by atoms with Crippen LogP contribution in [0.5, 0.6) is 5.75 Å². The Morgan fingerprint density at radius 2 is 1.77 bits per heavy atom. The molecule has 2 aromatic carbocycles. The van der Waals surface area contributed by atoms with Gasteiger partial charge in [-0.3, -0.25) is 29.4 Å². The van der Waals surface area contributed by atoms with Crippen molar-refractivity contribution in [1.29, 1.82) is 0 Å². The molecule has 0 aliphatic carbocycles. The molecule has 0 aromatic heterocycles. The van der Waals surface area contributed by atoms with Gasteiger partial charge in [0, 0.05) is 18.7 Å². The van der Waals surface area contributed by atoms with Crippen molar-refractivity contribution < 1.29 is 32.8 Å². The normalized spacial score (nSPS) is 12.8. The number of nitrogens with zero attached hydrogens (tertiary/aromatic N) is 2. The molecule has 0 fully saturated rings. The number of benzene rings is 2. The molecule has 0 bridgehead atoms. The molecule has 9 nitrogen and oxygen atoms in total. The topological polar surface area (TPSA) is 119 Å². The van der Waals surface area contributed by atoms with Gasteiger partial charge in [-0.25, -0.2) is 0 Å². The Balaban J connectivity index is 1.53. The lowest BCUT2D eigenvalue weighted by Gasteiger charge is -2.13. The fraction of sp³-hybridized carbons (Fsp3) is 0.211. The van der Waals surface area contributed by atoms with Gasteiger partial charge in [-0.2, -0.15) is 8.78 Å². The van der Waals surface area contributed by atoms with E-state index in [1.165, 1.54) is 18.2 Å². The second-order valence-electron chi connectivity index (χ2n) is 6.31. The van der Waals surface area contributed by atoms with E-state index in [-0.39, 0.29) is 29.1 Å². The Kier molecular flexibility index (Phi) is 6.00. The van der Waals surface area contributed by atoms with E-state index in [1.54, 1.807) is 12.1 Å². The number of rotatable bonds is 8. The minimum atomic E-state index is -2.91. The molecule has 1 heterocycles. The lowest BCUT2D eigenvalue weighted by atomic mass is 10.1. The number of carbonyl (C=O) groups excluding carboxylic acids is 3. The summed E-state index contributed by atoms with van der Waals surface area (Å²) in [5.41, 5.74) is 0.314. The molecule has 30 heavy (non-hydrogen) atoms. The van der Waals surface area contributed by atoms with E-state index in [2.05, 4.69) is 10.1 Å². The van der Waals surface area contributed by atoms with Crippen molar-refractivity contribution in [2.24, 2.45) is 0 Å². The molecule has 11 heteroatoms. The predicted octanol–water partition coefficient (Wildman–Crippen LogP) is 2.15. The number of carbonyl (C=O) groups is 3. The van der Waals surface area contributed by atoms with Crippen LogP contribution < -0.4 is 10.1 Å². The molecule has 0 spiro atoms. The zero-order valence-electron chi connectivity index (χ0n) is 15.3. The maximum Gasteiger partial charge on any atom is 0.387 e. The molecule has 0 saturated carbocycles. The average molecular weight is 419 g/mol. The molecule has 1 aliphatic heterocycles. The van der Waals surface area contributed by atoms with Crippen LogP contribution >= 0.6 is 0 Å². The Bertz CT molecular complexity index is 1010. The van der Waals surface area contributed by atoms with E-state index >= 15 is 0 Å². The zero-order chi connectivity index (χ0) is 21.8. The molecule has 0 radical (unpaired) electrons. The second kappa shape index (κ2) is 8.64. The number of fused-ring (bicyclic) bond motifs is 1. The largest absolute Gasteiger partial charge is 0.435 e. The van der Waals surface area contributed by atoms with Crippen LogP contribution in [0, 0.1) is 10.1 Å². The van der Waals surface area contributed by atoms with E-state index in [0.29, 0.717) is 6.42 Å². The number of nitrogens with one attached hydrogen (secondary N) is 1. The summed E-state index contributed by atoms with van der Waals surface area (Å²) in [5.74, 6) is -2.04. The van der Waals surface area contributed by atoms with Crippen LogP contribution in [0.25, 0.3) is 0 Å². The van der Waals surface area contributed by atoms with Gasteiger partial charge >= 0.3 is 6.61 Å². The highest BCUT2D eigenvalue weighted by molar-refractivity contribution is 6.22. The summed E-state index contributed by atoms with van der Waals surface area (Å²) in [6, 6.07) is 9.21. The number of imide groups is 1. The molecule has 3 amide bonds. The summed E-state index contributed by atoms with van der Waals surface area (Å²) >= 11 is 0. The van der Waals surface area contributed by atoms with Crippen molar-refractivity contribution in [3.63, 3.8) is 0 Å². The monoisotopic (exact) mass is 419 g/mol. The highest BCUT2D eigenvalue weighted by atomic mass is 19.3. The zero-order valence-corrected chi connectivity index (χ0v) is 15.3. The molecular formula is C19H15F2N3O6. The fourth-order valence-electron chi connectivity index (χ4n) is 2.92. The average Bonchev–Trinajstić information content (AvgIpc) is 2.93. The minimum Gasteiger partial charge on any atom is -0.435 e. The van der Waals surface area contributed by atoms with Crippen molar-refractivity contribution in [2.75, 3.05) is 13.1 Å². The number of halogens is 2. The summed E-state index contributed by atoms with van der Waals surface area (Å²) < 4.78 is 28.5. The van der Waals surface area contributed by atoms with Crippen molar-refractivity contribution in [2.45, 2.75) is 13.0 Å². The van der Waals surface area contributed by atoms with E-state index in [1.807, 2.05) is 0 Å². The van der Waals surface area contributed by atoms with Gasteiger partial charge in [0.15, 0.2) is 0 Å². The van der Waals surface area contributed by atoms with Crippen LogP contribution in [0.1, 0.15) is 26.3 Å². The van der Waals surface area contributed by atoms with Crippen LogP contribution in [-0.2, 0) is 11.2 Å². The SMILES string of the molecule is O=C(CN1C(=O)c2ccc([N+](=O)[O-])cc2C1=O)NCCc1ccc(OC(F)F)cc1. The first-order chi connectivity index (χ1) is 14.3. The number of amides is 3. The quantitative estimate of drug-likeness (QED) is 0.398. The van der Waals surface area contributed by atoms with Crippen LogP contribution in [-0.4, -0.2) is 47.2 Å². The third kappa shape index (κ3) is 4.57. The molecule has 0 atom stereocenters. The van der Waals surface area contributed by atoms with Crippen LogP contribution in [0.2, 0.25) is 0 Å². The highest BCUT2D eigenvalue weighted by Crippen LogP contribution is 2.26. The van der Waals surface area contributed by atoms with Crippen molar-refractivity contribution in [3.8, 4) is 5.75 Å². The van der Waals surface area contributed by atoms with E-state index in [0.717, 1.165) is 22.6 Å². The number of ether oxygens (including phenoxy) is 1. The first-order valence-electron chi connectivity index (χ1n) is 8.71. The number of nitro groups is 1. The Hall–Kier alpha value is -3.89. The second-order valence-corrected chi connectivity index (χ2v) is 6.31. The molecular weight excluding hydrogens is 404 g/mol. The molecule has 1 N–H and O–H groups in total. The Labute approximate surface area is 168 Å². The van der Waals surface area contributed by atoms with Gasteiger partial charge in [-0.05, 0) is 30.2 Å². The summed E-state index contributed by atoms with van der Waals surface area (Å²) in [6.07, 6.45) is 0.384. The number of alkyl halides is 2. The van der Waals surface area contributed by atoms with E-state index < -0.39 is 35.8 Å². The highest BCUT2D eigenvalue weighted by Gasteiger charge is 2.37. The fourth-order valence-corrected chi connectivity index (χ4v) is 2.92. The first-order valence-corrected chi connectivity index (χ1v) is 8.71. The van der Waals surface area contributed by atoms with Gasteiger partial charge in [0.25, 0.3) is 17.5 Å². The molecule has 156 valence electrons. The van der Waals surface area contributed by atoms with Crippen LogP contribution in [0.15, 0.2) is 42.5 Å². The third-order valence-electron chi connectivity index (χ3n) is 4.35. The minimum absolute atomic E-state index is 0.00417. The number of non-ortho nitro benzene ring substituents is 1. The smallest absolute Gasteiger partial charge is 0.387 e. The molecule has 3 rings (SSSR count). The first kappa shape index (κ1) is 20.8. The summed E-state index contributed by atoms with van der Waals surface area (Å²) in [7, 11) is 0. The molecule has 0 unspecified atom stereocenters. The lowest BCUT2D eigenvalue weighted by molar-refractivity contribution is -0.384. The van der Waals surface area contributed by atoms with Gasteiger partial charge in [-0.1, -0.05) is 12.1 Å². The van der Waals surface area contributed by atoms with E-state index in [9.17, 15) is 33.3 Å².